The first-order valence-electron chi connectivity index (χ1n) is 12.4. The molecule has 2 atom stereocenters. The largest absolute Gasteiger partial charge is 0.328 e. The molecule has 0 aromatic heterocycles. The molecule has 0 heterocycles. The van der Waals surface area contributed by atoms with Crippen LogP contribution >= 0.6 is 0 Å². The van der Waals surface area contributed by atoms with Crippen molar-refractivity contribution in [2.75, 3.05) is 0 Å². The molecule has 154 valence electrons. The summed E-state index contributed by atoms with van der Waals surface area (Å²) in [5.74, 6) is 0. The average Bonchev–Trinajstić information content (AvgIpc) is 2.61. The molecule has 0 amide bonds. The molecule has 2 saturated carbocycles. The molecule has 2 rings (SSSR count). The Morgan fingerprint density at radius 3 is 1.15 bits per heavy atom. The van der Waals surface area contributed by atoms with Crippen LogP contribution in [0.3, 0.4) is 0 Å². The summed E-state index contributed by atoms with van der Waals surface area (Å²) >= 11 is 0. The Kier molecular flexibility index (Phi) is 12.7. The number of hydrogen-bond donors (Lipinski definition) is 2. The van der Waals surface area contributed by atoms with Crippen LogP contribution in [0.2, 0.25) is 0 Å². The third-order valence-corrected chi connectivity index (χ3v) is 6.83. The maximum absolute atomic E-state index is 6.32. The maximum Gasteiger partial charge on any atom is 0.00696 e. The van der Waals surface area contributed by atoms with E-state index in [2.05, 4.69) is 5.32 Å². The summed E-state index contributed by atoms with van der Waals surface area (Å²) in [4.78, 5) is 0. The zero-order valence-corrected chi connectivity index (χ0v) is 17.7. The fraction of sp³-hybridized carbons (Fsp3) is 1.00. The Hall–Kier alpha value is -0.0800. The second-order valence-corrected chi connectivity index (χ2v) is 9.36. The molecule has 2 heteroatoms. The van der Waals surface area contributed by atoms with Gasteiger partial charge in [0.1, 0.15) is 0 Å². The molecule has 0 aromatic rings. The van der Waals surface area contributed by atoms with Gasteiger partial charge in [-0.3, -0.25) is 0 Å². The van der Waals surface area contributed by atoms with Gasteiger partial charge in [-0.05, 0) is 38.5 Å². The molecule has 2 nitrogen and oxygen atoms in total. The summed E-state index contributed by atoms with van der Waals surface area (Å²) in [6, 6.07) is 1.98. The smallest absolute Gasteiger partial charge is 0.00696 e. The second-order valence-electron chi connectivity index (χ2n) is 9.36. The van der Waals surface area contributed by atoms with Gasteiger partial charge < -0.3 is 11.1 Å². The minimum atomic E-state index is 0.455. The molecule has 0 spiro atoms. The number of nitrogens with one attached hydrogen (secondary N) is 1. The van der Waals surface area contributed by atoms with E-state index in [9.17, 15) is 0 Å². The Bertz CT molecular complexity index is 305. The highest BCUT2D eigenvalue weighted by atomic mass is 14.9. The van der Waals surface area contributed by atoms with Crippen molar-refractivity contribution in [2.45, 2.75) is 153 Å². The van der Waals surface area contributed by atoms with E-state index in [0.717, 1.165) is 12.1 Å². The van der Waals surface area contributed by atoms with Crippen molar-refractivity contribution in [2.24, 2.45) is 5.73 Å². The molecular weight excluding hydrogens is 316 g/mol. The molecule has 0 radical (unpaired) electrons. The van der Waals surface area contributed by atoms with Crippen molar-refractivity contribution in [3.8, 4) is 0 Å². The highest BCUT2D eigenvalue weighted by molar-refractivity contribution is 4.77. The monoisotopic (exact) mass is 364 g/mol. The lowest BCUT2D eigenvalue weighted by Gasteiger charge is -2.27. The lowest BCUT2D eigenvalue weighted by molar-refractivity contribution is 0.322. The van der Waals surface area contributed by atoms with Gasteiger partial charge >= 0.3 is 0 Å². The van der Waals surface area contributed by atoms with Crippen LogP contribution in [0.4, 0.5) is 0 Å². The predicted molar refractivity (Wildman–Crippen MR) is 116 cm³/mol. The summed E-state index contributed by atoms with van der Waals surface area (Å²) in [5, 5.41) is 4.14. The van der Waals surface area contributed by atoms with Crippen LogP contribution in [-0.2, 0) is 0 Å². The van der Waals surface area contributed by atoms with Gasteiger partial charge in [-0.1, -0.05) is 96.3 Å². The van der Waals surface area contributed by atoms with E-state index in [0.29, 0.717) is 6.04 Å². The topological polar surface area (TPSA) is 38.0 Å². The molecule has 2 unspecified atom stereocenters. The van der Waals surface area contributed by atoms with Crippen LogP contribution in [0.1, 0.15) is 135 Å². The van der Waals surface area contributed by atoms with Gasteiger partial charge in [-0.25, -0.2) is 0 Å². The number of hydrogen-bond acceptors (Lipinski definition) is 2. The highest BCUT2D eigenvalue weighted by Gasteiger charge is 2.16. The summed E-state index contributed by atoms with van der Waals surface area (Å²) in [6.07, 6.45) is 29.6. The summed E-state index contributed by atoms with van der Waals surface area (Å²) in [7, 11) is 0. The lowest BCUT2D eigenvalue weighted by atomic mass is 9.93. The standard InChI is InChI=1S/C24H48N2/c25-22-16-11-7-6-10-14-20-24(21-15-17-22)26-23-18-12-8-4-2-1-3-5-9-13-19-23/h22-24,26H,1-21,25H2. The minimum absolute atomic E-state index is 0.455. The van der Waals surface area contributed by atoms with E-state index in [-0.39, 0.29) is 0 Å². The van der Waals surface area contributed by atoms with Crippen molar-refractivity contribution < 1.29 is 0 Å². The third-order valence-electron chi connectivity index (χ3n) is 6.83. The van der Waals surface area contributed by atoms with Crippen molar-refractivity contribution in [1.29, 1.82) is 0 Å². The van der Waals surface area contributed by atoms with Gasteiger partial charge in [0.2, 0.25) is 0 Å². The normalized spacial score (nSPS) is 30.3. The minimum Gasteiger partial charge on any atom is -0.328 e. The predicted octanol–water partition coefficient (Wildman–Crippen LogP) is 6.86. The van der Waals surface area contributed by atoms with Crippen LogP contribution in [0.5, 0.6) is 0 Å². The van der Waals surface area contributed by atoms with Crippen LogP contribution in [0, 0.1) is 0 Å². The quantitative estimate of drug-likeness (QED) is 0.561. The molecule has 3 N–H and O–H groups in total. The van der Waals surface area contributed by atoms with Crippen molar-refractivity contribution in [3.63, 3.8) is 0 Å². The van der Waals surface area contributed by atoms with Crippen molar-refractivity contribution in [3.05, 3.63) is 0 Å². The average molecular weight is 365 g/mol. The van der Waals surface area contributed by atoms with Gasteiger partial charge in [0, 0.05) is 18.1 Å². The first-order valence-corrected chi connectivity index (χ1v) is 12.4. The fourth-order valence-corrected chi connectivity index (χ4v) is 5.07. The lowest BCUT2D eigenvalue weighted by Crippen LogP contribution is -2.38. The summed E-state index contributed by atoms with van der Waals surface area (Å²) in [5.41, 5.74) is 6.32. The Labute approximate surface area is 164 Å². The van der Waals surface area contributed by atoms with Crippen LogP contribution in [0.25, 0.3) is 0 Å². The van der Waals surface area contributed by atoms with E-state index in [1.807, 2.05) is 0 Å². The zero-order chi connectivity index (χ0) is 18.3. The van der Waals surface area contributed by atoms with Gasteiger partial charge in [-0.15, -0.1) is 0 Å². The van der Waals surface area contributed by atoms with Gasteiger partial charge in [-0.2, -0.15) is 0 Å². The Balaban J connectivity index is 1.78. The van der Waals surface area contributed by atoms with Gasteiger partial charge in [0.25, 0.3) is 0 Å². The summed E-state index contributed by atoms with van der Waals surface area (Å²) < 4.78 is 0. The molecule has 0 bridgehead atoms. The summed E-state index contributed by atoms with van der Waals surface area (Å²) in [6.45, 7) is 0. The van der Waals surface area contributed by atoms with Crippen LogP contribution in [0.15, 0.2) is 0 Å². The number of rotatable bonds is 2. The maximum atomic E-state index is 6.32. The SMILES string of the molecule is NC1CCCCCCCC(NC2CCCCCCCCCCC2)CCC1. The Morgan fingerprint density at radius 1 is 0.385 bits per heavy atom. The fourth-order valence-electron chi connectivity index (χ4n) is 5.07. The van der Waals surface area contributed by atoms with Gasteiger partial charge in [0.05, 0.1) is 0 Å². The van der Waals surface area contributed by atoms with Gasteiger partial charge in [0.15, 0.2) is 0 Å². The van der Waals surface area contributed by atoms with E-state index in [1.54, 1.807) is 0 Å². The zero-order valence-electron chi connectivity index (χ0n) is 17.7. The third kappa shape index (κ3) is 10.9. The molecule has 26 heavy (non-hydrogen) atoms. The van der Waals surface area contributed by atoms with E-state index in [4.69, 9.17) is 5.73 Å². The van der Waals surface area contributed by atoms with Crippen LogP contribution < -0.4 is 11.1 Å². The molecule has 2 fully saturated rings. The van der Waals surface area contributed by atoms with Crippen molar-refractivity contribution >= 4 is 0 Å². The molecule has 0 aliphatic heterocycles. The van der Waals surface area contributed by atoms with Crippen molar-refractivity contribution in [1.82, 2.24) is 5.32 Å². The van der Waals surface area contributed by atoms with E-state index < -0.39 is 0 Å². The molecule has 0 saturated heterocycles. The molecule has 0 aromatic carbocycles. The number of nitrogens with two attached hydrogens (primary N) is 1. The second kappa shape index (κ2) is 14.9. The molecule has 2 aliphatic rings. The van der Waals surface area contributed by atoms with Crippen LogP contribution in [-0.4, -0.2) is 18.1 Å². The molecular formula is C24H48N2. The van der Waals surface area contributed by atoms with E-state index >= 15 is 0 Å². The molecule has 2 aliphatic carbocycles. The van der Waals surface area contributed by atoms with E-state index in [1.165, 1.54) is 135 Å². The Morgan fingerprint density at radius 2 is 0.692 bits per heavy atom. The first kappa shape index (κ1) is 22.2. The highest BCUT2D eigenvalue weighted by Crippen LogP contribution is 2.21. The first-order chi connectivity index (χ1) is 12.8.